The molecule has 1 amide bonds. The molecule has 2 heterocycles. The Balaban J connectivity index is 1.66. The van der Waals surface area contributed by atoms with Gasteiger partial charge in [-0.3, -0.25) is 9.78 Å². The van der Waals surface area contributed by atoms with Crippen molar-refractivity contribution in [3.63, 3.8) is 0 Å². The molecule has 0 saturated carbocycles. The summed E-state index contributed by atoms with van der Waals surface area (Å²) in [7, 11) is 0. The second-order valence-corrected chi connectivity index (χ2v) is 7.29. The Morgan fingerprint density at radius 3 is 2.70 bits per heavy atom. The van der Waals surface area contributed by atoms with Gasteiger partial charge in [0.05, 0.1) is 25.1 Å². The number of aliphatic hydroxyl groups excluding tert-OH is 1. The third-order valence-corrected chi connectivity index (χ3v) is 5.55. The Labute approximate surface area is 174 Å². The van der Waals surface area contributed by atoms with E-state index in [1.54, 1.807) is 36.7 Å². The summed E-state index contributed by atoms with van der Waals surface area (Å²) in [4.78, 5) is 18.4. The Morgan fingerprint density at radius 1 is 1.17 bits per heavy atom. The van der Waals surface area contributed by atoms with E-state index >= 15 is 0 Å². The molecule has 3 atom stereocenters. The topological polar surface area (TPSA) is 77.2 Å². The quantitative estimate of drug-likeness (QED) is 0.712. The highest BCUT2D eigenvalue weighted by atomic mass is 19.1. The van der Waals surface area contributed by atoms with Gasteiger partial charge in [-0.2, -0.15) is 5.26 Å². The van der Waals surface area contributed by atoms with Crippen LogP contribution in [-0.4, -0.2) is 39.6 Å². The summed E-state index contributed by atoms with van der Waals surface area (Å²) < 4.78 is 13.8. The Morgan fingerprint density at radius 2 is 2.00 bits per heavy atom. The molecule has 0 radical (unpaired) electrons. The van der Waals surface area contributed by atoms with E-state index < -0.39 is 12.1 Å². The van der Waals surface area contributed by atoms with E-state index in [1.807, 2.05) is 24.3 Å². The predicted molar refractivity (Wildman–Crippen MR) is 110 cm³/mol. The highest BCUT2D eigenvalue weighted by Crippen LogP contribution is 2.44. The van der Waals surface area contributed by atoms with Gasteiger partial charge in [0, 0.05) is 18.3 Å². The number of carbonyl (C=O) groups is 1. The number of hydrogen-bond donors (Lipinski definition) is 1. The summed E-state index contributed by atoms with van der Waals surface area (Å²) in [6.45, 7) is -0.265. The molecular formula is C24H20FN3O2. The molecule has 3 aromatic rings. The van der Waals surface area contributed by atoms with Crippen molar-refractivity contribution in [1.29, 1.82) is 5.26 Å². The molecule has 2 aromatic carbocycles. The van der Waals surface area contributed by atoms with Crippen LogP contribution in [0, 0.1) is 17.1 Å². The van der Waals surface area contributed by atoms with Gasteiger partial charge in [0.2, 0.25) is 5.91 Å². The monoisotopic (exact) mass is 401 g/mol. The zero-order valence-corrected chi connectivity index (χ0v) is 16.1. The number of benzene rings is 2. The molecule has 30 heavy (non-hydrogen) atoms. The number of aromatic nitrogens is 1. The average Bonchev–Trinajstić information content (AvgIpc) is 2.75. The van der Waals surface area contributed by atoms with Crippen LogP contribution in [0.25, 0.3) is 11.1 Å². The van der Waals surface area contributed by atoms with E-state index in [0.717, 1.165) is 16.7 Å². The van der Waals surface area contributed by atoms with Crippen LogP contribution in [0.5, 0.6) is 0 Å². The minimum atomic E-state index is -0.707. The number of pyridine rings is 1. The van der Waals surface area contributed by atoms with Crippen LogP contribution in [0.2, 0.25) is 0 Å². The second kappa shape index (κ2) is 8.44. The number of rotatable bonds is 5. The fraction of sp³-hybridized carbons (Fsp3) is 0.208. The molecule has 0 bridgehead atoms. The summed E-state index contributed by atoms with van der Waals surface area (Å²) in [6, 6.07) is 18.3. The average molecular weight is 401 g/mol. The van der Waals surface area contributed by atoms with Crippen molar-refractivity contribution in [3.8, 4) is 17.2 Å². The molecule has 0 unspecified atom stereocenters. The smallest absolute Gasteiger partial charge is 0.228 e. The summed E-state index contributed by atoms with van der Waals surface area (Å²) in [5.41, 5.74) is 3.05. The van der Waals surface area contributed by atoms with Crippen LogP contribution in [-0.2, 0) is 11.2 Å². The van der Waals surface area contributed by atoms with Crippen molar-refractivity contribution < 1.29 is 14.3 Å². The highest BCUT2D eigenvalue weighted by Gasteiger charge is 2.52. The molecule has 4 rings (SSSR count). The minimum absolute atomic E-state index is 0.112. The summed E-state index contributed by atoms with van der Waals surface area (Å²) >= 11 is 0. The largest absolute Gasteiger partial charge is 0.394 e. The molecule has 1 aliphatic rings. The van der Waals surface area contributed by atoms with Gasteiger partial charge < -0.3 is 10.0 Å². The predicted octanol–water partition coefficient (Wildman–Crippen LogP) is 3.31. The summed E-state index contributed by atoms with van der Waals surface area (Å²) in [5, 5.41) is 19.9. The molecular weight excluding hydrogens is 381 g/mol. The standard InChI is InChI=1S/C24H20FN3O2/c25-18-7-3-6-17(12-18)19-8-1-2-9-20(19)24-21(13-26)28(22(24)15-29)23(30)11-16-5-4-10-27-14-16/h1-10,12,14,21-22,24,29H,11,15H2/t21-,22+,24-/m1/s1. The first kappa shape index (κ1) is 19.7. The maximum atomic E-state index is 13.8. The van der Waals surface area contributed by atoms with Gasteiger partial charge in [0.1, 0.15) is 11.9 Å². The normalized spacial score (nSPS) is 20.3. The second-order valence-electron chi connectivity index (χ2n) is 7.29. The number of nitrogens with zero attached hydrogens (tertiary/aromatic N) is 3. The summed E-state index contributed by atoms with van der Waals surface area (Å²) in [6.07, 6.45) is 3.36. The van der Waals surface area contributed by atoms with Crippen molar-refractivity contribution in [2.45, 2.75) is 24.4 Å². The van der Waals surface area contributed by atoms with Gasteiger partial charge in [-0.05, 0) is 40.5 Å². The van der Waals surface area contributed by atoms with Crippen LogP contribution in [0.1, 0.15) is 17.0 Å². The molecule has 1 N–H and O–H groups in total. The van der Waals surface area contributed by atoms with E-state index in [-0.39, 0.29) is 30.7 Å². The first-order valence-electron chi connectivity index (χ1n) is 9.69. The number of likely N-dealkylation sites (tertiary alicyclic amines) is 1. The van der Waals surface area contributed by atoms with E-state index in [0.29, 0.717) is 5.56 Å². The van der Waals surface area contributed by atoms with E-state index in [1.165, 1.54) is 17.0 Å². The molecule has 0 aliphatic carbocycles. The van der Waals surface area contributed by atoms with Gasteiger partial charge in [0.15, 0.2) is 0 Å². The van der Waals surface area contributed by atoms with Gasteiger partial charge in [0.25, 0.3) is 0 Å². The number of aliphatic hydroxyl groups is 1. The van der Waals surface area contributed by atoms with Crippen molar-refractivity contribution in [3.05, 3.63) is 90.0 Å². The molecule has 1 saturated heterocycles. The fourth-order valence-corrected chi connectivity index (χ4v) is 4.20. The van der Waals surface area contributed by atoms with Crippen molar-refractivity contribution in [1.82, 2.24) is 9.88 Å². The molecule has 1 fully saturated rings. The van der Waals surface area contributed by atoms with Crippen LogP contribution >= 0.6 is 0 Å². The number of amides is 1. The van der Waals surface area contributed by atoms with E-state index in [2.05, 4.69) is 11.1 Å². The van der Waals surface area contributed by atoms with Crippen molar-refractivity contribution in [2.24, 2.45) is 0 Å². The molecule has 5 nitrogen and oxygen atoms in total. The number of halogens is 1. The SMILES string of the molecule is N#C[C@@H]1[C@@H](c2ccccc2-c2cccc(F)c2)[C@H](CO)N1C(=O)Cc1cccnc1. The molecule has 1 aliphatic heterocycles. The lowest BCUT2D eigenvalue weighted by atomic mass is 9.73. The van der Waals surface area contributed by atoms with Gasteiger partial charge in [-0.1, -0.05) is 42.5 Å². The van der Waals surface area contributed by atoms with Crippen molar-refractivity contribution >= 4 is 5.91 Å². The van der Waals surface area contributed by atoms with E-state index in [9.17, 15) is 19.6 Å². The van der Waals surface area contributed by atoms with Crippen LogP contribution in [0.15, 0.2) is 73.1 Å². The fourth-order valence-electron chi connectivity index (χ4n) is 4.20. The van der Waals surface area contributed by atoms with Crippen LogP contribution in [0.3, 0.4) is 0 Å². The van der Waals surface area contributed by atoms with Crippen LogP contribution in [0.4, 0.5) is 4.39 Å². The van der Waals surface area contributed by atoms with Crippen LogP contribution < -0.4 is 0 Å². The molecule has 0 spiro atoms. The molecule has 6 heteroatoms. The number of carbonyl (C=O) groups excluding carboxylic acids is 1. The van der Waals surface area contributed by atoms with Gasteiger partial charge in [-0.25, -0.2) is 4.39 Å². The Bertz CT molecular complexity index is 1100. The first-order valence-corrected chi connectivity index (χ1v) is 9.69. The number of hydrogen-bond acceptors (Lipinski definition) is 4. The third kappa shape index (κ3) is 3.56. The van der Waals surface area contributed by atoms with E-state index in [4.69, 9.17) is 0 Å². The maximum Gasteiger partial charge on any atom is 0.228 e. The maximum absolute atomic E-state index is 13.8. The summed E-state index contributed by atoms with van der Waals surface area (Å²) in [5.74, 6) is -0.940. The Hall–Kier alpha value is -3.56. The van der Waals surface area contributed by atoms with Crippen molar-refractivity contribution in [2.75, 3.05) is 6.61 Å². The first-order chi connectivity index (χ1) is 14.6. The molecule has 150 valence electrons. The highest BCUT2D eigenvalue weighted by molar-refractivity contribution is 5.82. The Kier molecular flexibility index (Phi) is 5.55. The van der Waals surface area contributed by atoms with Gasteiger partial charge >= 0.3 is 0 Å². The lowest BCUT2D eigenvalue weighted by Gasteiger charge is -2.52. The third-order valence-electron chi connectivity index (χ3n) is 5.55. The number of nitriles is 1. The minimum Gasteiger partial charge on any atom is -0.394 e. The zero-order valence-electron chi connectivity index (χ0n) is 16.1. The lowest BCUT2D eigenvalue weighted by Crippen LogP contribution is -2.65. The van der Waals surface area contributed by atoms with Gasteiger partial charge in [-0.15, -0.1) is 0 Å². The zero-order chi connectivity index (χ0) is 21.1. The lowest BCUT2D eigenvalue weighted by molar-refractivity contribution is -0.146. The molecule has 1 aromatic heterocycles.